The van der Waals surface area contributed by atoms with E-state index >= 15 is 0 Å². The number of anilines is 2. The zero-order valence-electron chi connectivity index (χ0n) is 17.3. The van der Waals surface area contributed by atoms with Gasteiger partial charge >= 0.3 is 0 Å². The number of aromatic nitrogens is 4. The molecule has 6 heteroatoms. The molecule has 144 valence electrons. The number of rotatable bonds is 7. The van der Waals surface area contributed by atoms with Crippen molar-refractivity contribution in [2.45, 2.75) is 40.5 Å². The summed E-state index contributed by atoms with van der Waals surface area (Å²) in [6, 6.07) is 5.97. The molecule has 0 aliphatic rings. The number of hydrogen-bond donors (Lipinski definition) is 0. The number of pyridine rings is 1. The summed E-state index contributed by atoms with van der Waals surface area (Å²) in [5.74, 6) is 1.12. The van der Waals surface area contributed by atoms with E-state index in [1.165, 1.54) is 0 Å². The van der Waals surface area contributed by atoms with Gasteiger partial charge in [-0.2, -0.15) is 9.61 Å². The predicted molar refractivity (Wildman–Crippen MR) is 113 cm³/mol. The van der Waals surface area contributed by atoms with Crippen LogP contribution in [0.25, 0.3) is 16.9 Å². The van der Waals surface area contributed by atoms with Crippen LogP contribution in [0.2, 0.25) is 0 Å². The molecule has 0 radical (unpaired) electrons. The topological polar surface area (TPSA) is 49.6 Å². The number of aryl methyl sites for hydroxylation is 2. The molecule has 0 unspecified atom stereocenters. The Labute approximate surface area is 161 Å². The fourth-order valence-electron chi connectivity index (χ4n) is 3.72. The van der Waals surface area contributed by atoms with Gasteiger partial charge in [-0.3, -0.25) is 4.98 Å². The maximum absolute atomic E-state index is 4.95. The Hall–Kier alpha value is -2.63. The second kappa shape index (κ2) is 7.94. The first-order valence-electron chi connectivity index (χ1n) is 9.73. The average molecular weight is 367 g/mol. The third kappa shape index (κ3) is 3.48. The molecule has 0 aliphatic heterocycles. The molecule has 0 bridgehead atoms. The molecule has 3 aromatic rings. The Bertz CT molecular complexity index is 908. The molecule has 0 aliphatic carbocycles. The van der Waals surface area contributed by atoms with Crippen molar-refractivity contribution in [3.8, 4) is 11.3 Å². The Kier molecular flexibility index (Phi) is 5.63. The van der Waals surface area contributed by atoms with Crippen LogP contribution in [-0.4, -0.2) is 46.8 Å². The lowest BCUT2D eigenvalue weighted by molar-refractivity contribution is 0.711. The monoisotopic (exact) mass is 366 g/mol. The average Bonchev–Trinajstić information content (AvgIpc) is 2.96. The van der Waals surface area contributed by atoms with Crippen LogP contribution in [0, 0.1) is 13.8 Å². The molecule has 3 aromatic heterocycles. The lowest BCUT2D eigenvalue weighted by atomic mass is 10.1. The predicted octanol–water partition coefficient (Wildman–Crippen LogP) is 4.10. The van der Waals surface area contributed by atoms with Crippen LogP contribution in [0.3, 0.4) is 0 Å². The Morgan fingerprint density at radius 1 is 1.00 bits per heavy atom. The summed E-state index contributed by atoms with van der Waals surface area (Å²) < 4.78 is 2.02. The first-order chi connectivity index (χ1) is 13.0. The lowest BCUT2D eigenvalue weighted by Gasteiger charge is -2.30. The van der Waals surface area contributed by atoms with E-state index in [1.54, 1.807) is 0 Å². The first-order valence-corrected chi connectivity index (χ1v) is 9.73. The molecule has 0 amide bonds. The Balaban J connectivity index is 2.36. The number of fused-ring (bicyclic) bond motifs is 1. The van der Waals surface area contributed by atoms with E-state index in [9.17, 15) is 0 Å². The van der Waals surface area contributed by atoms with Crippen molar-refractivity contribution in [2.75, 3.05) is 37.0 Å². The molecule has 0 aromatic carbocycles. The van der Waals surface area contributed by atoms with Gasteiger partial charge in [0.15, 0.2) is 11.5 Å². The van der Waals surface area contributed by atoms with Gasteiger partial charge in [0.05, 0.1) is 22.6 Å². The largest absolute Gasteiger partial charge is 0.373 e. The zero-order valence-corrected chi connectivity index (χ0v) is 17.3. The van der Waals surface area contributed by atoms with Crippen molar-refractivity contribution in [1.29, 1.82) is 0 Å². The lowest BCUT2D eigenvalue weighted by Crippen LogP contribution is -2.30. The smallest absolute Gasteiger partial charge is 0.167 e. The van der Waals surface area contributed by atoms with Gasteiger partial charge < -0.3 is 9.80 Å². The normalized spacial score (nSPS) is 11.2. The van der Waals surface area contributed by atoms with E-state index < -0.39 is 0 Å². The van der Waals surface area contributed by atoms with Gasteiger partial charge in [0.2, 0.25) is 0 Å². The summed E-state index contributed by atoms with van der Waals surface area (Å²) in [4.78, 5) is 14.1. The Morgan fingerprint density at radius 3 is 2.26 bits per heavy atom. The summed E-state index contributed by atoms with van der Waals surface area (Å²) in [5, 5.41) is 4.90. The summed E-state index contributed by atoms with van der Waals surface area (Å²) >= 11 is 0. The fraction of sp³-hybridized carbons (Fsp3) is 0.476. The van der Waals surface area contributed by atoms with Gasteiger partial charge in [0, 0.05) is 33.4 Å². The minimum atomic E-state index is 0.876. The van der Waals surface area contributed by atoms with E-state index in [1.807, 2.05) is 35.8 Å². The van der Waals surface area contributed by atoms with E-state index in [0.717, 1.165) is 65.7 Å². The van der Waals surface area contributed by atoms with Crippen LogP contribution in [-0.2, 0) is 0 Å². The van der Waals surface area contributed by atoms with E-state index in [-0.39, 0.29) is 0 Å². The second-order valence-corrected chi connectivity index (χ2v) is 7.16. The first kappa shape index (κ1) is 19.1. The van der Waals surface area contributed by atoms with Crippen LogP contribution in [0.1, 0.15) is 38.1 Å². The molecule has 0 saturated heterocycles. The van der Waals surface area contributed by atoms with Gasteiger partial charge in [0.25, 0.3) is 0 Å². The standard InChI is InChI=1S/C21H30N6/c1-7-13-26(14-8-2)21-19(25(5)6)16(4)23-20-18(15(3)24-27(20)21)17-11-9-10-12-22-17/h9-12H,7-8,13-14H2,1-6H3. The molecular formula is C21H30N6. The van der Waals surface area contributed by atoms with Crippen molar-refractivity contribution >= 4 is 17.2 Å². The molecule has 0 fully saturated rings. The molecule has 27 heavy (non-hydrogen) atoms. The molecule has 0 saturated carbocycles. The third-order valence-corrected chi connectivity index (χ3v) is 4.72. The second-order valence-electron chi connectivity index (χ2n) is 7.16. The van der Waals surface area contributed by atoms with Gasteiger partial charge in [-0.1, -0.05) is 19.9 Å². The van der Waals surface area contributed by atoms with E-state index in [4.69, 9.17) is 10.1 Å². The highest BCUT2D eigenvalue weighted by atomic mass is 15.4. The maximum atomic E-state index is 4.95. The van der Waals surface area contributed by atoms with Crippen molar-refractivity contribution in [3.63, 3.8) is 0 Å². The zero-order chi connectivity index (χ0) is 19.6. The van der Waals surface area contributed by atoms with Gasteiger partial charge in [-0.15, -0.1) is 0 Å². The van der Waals surface area contributed by atoms with Crippen LogP contribution in [0.4, 0.5) is 11.5 Å². The molecular weight excluding hydrogens is 336 g/mol. The fourth-order valence-corrected chi connectivity index (χ4v) is 3.72. The highest BCUT2D eigenvalue weighted by Crippen LogP contribution is 2.35. The van der Waals surface area contributed by atoms with Gasteiger partial charge in [-0.05, 0) is 38.8 Å². The maximum Gasteiger partial charge on any atom is 0.167 e. The van der Waals surface area contributed by atoms with Crippen LogP contribution >= 0.6 is 0 Å². The molecule has 3 heterocycles. The van der Waals surface area contributed by atoms with Crippen LogP contribution in [0.15, 0.2) is 24.4 Å². The highest BCUT2D eigenvalue weighted by molar-refractivity contribution is 5.82. The quantitative estimate of drug-likeness (QED) is 0.630. The van der Waals surface area contributed by atoms with Crippen molar-refractivity contribution in [2.24, 2.45) is 0 Å². The Morgan fingerprint density at radius 2 is 1.70 bits per heavy atom. The van der Waals surface area contributed by atoms with Crippen LogP contribution in [0.5, 0.6) is 0 Å². The molecule has 0 atom stereocenters. The number of hydrogen-bond acceptors (Lipinski definition) is 5. The molecule has 6 nitrogen and oxygen atoms in total. The van der Waals surface area contributed by atoms with Gasteiger partial charge in [-0.25, -0.2) is 4.98 Å². The summed E-state index contributed by atoms with van der Waals surface area (Å²) in [6.45, 7) is 10.5. The van der Waals surface area contributed by atoms with Crippen molar-refractivity contribution < 1.29 is 0 Å². The molecule has 0 spiro atoms. The minimum Gasteiger partial charge on any atom is -0.373 e. The molecule has 0 N–H and O–H groups in total. The number of nitrogens with zero attached hydrogens (tertiary/aromatic N) is 6. The SMILES string of the molecule is CCCN(CCC)c1c(N(C)C)c(C)nc2c(-c3ccccn3)c(C)nn12. The van der Waals surface area contributed by atoms with E-state index in [2.05, 4.69) is 49.7 Å². The minimum absolute atomic E-state index is 0.876. The molecule has 3 rings (SSSR count). The van der Waals surface area contributed by atoms with Crippen molar-refractivity contribution in [3.05, 3.63) is 35.8 Å². The third-order valence-electron chi connectivity index (χ3n) is 4.72. The summed E-state index contributed by atoms with van der Waals surface area (Å²) in [5.41, 5.74) is 5.89. The summed E-state index contributed by atoms with van der Waals surface area (Å²) in [7, 11) is 4.15. The van der Waals surface area contributed by atoms with Gasteiger partial charge in [0.1, 0.15) is 5.69 Å². The van der Waals surface area contributed by atoms with E-state index in [0.29, 0.717) is 0 Å². The highest BCUT2D eigenvalue weighted by Gasteiger charge is 2.24. The van der Waals surface area contributed by atoms with Crippen LogP contribution < -0.4 is 9.80 Å². The summed E-state index contributed by atoms with van der Waals surface area (Å²) in [6.07, 6.45) is 3.99. The van der Waals surface area contributed by atoms with Crippen molar-refractivity contribution in [1.82, 2.24) is 19.6 Å².